The zero-order chi connectivity index (χ0) is 19.2. The van der Waals surface area contributed by atoms with Gasteiger partial charge in [-0.25, -0.2) is 4.79 Å². The van der Waals surface area contributed by atoms with Gasteiger partial charge >= 0.3 is 6.09 Å². The largest absolute Gasteiger partial charge is 0.444 e. The van der Waals surface area contributed by atoms with E-state index in [1.54, 1.807) is 45.6 Å². The van der Waals surface area contributed by atoms with E-state index in [0.29, 0.717) is 12.3 Å². The van der Waals surface area contributed by atoms with Crippen molar-refractivity contribution in [3.05, 3.63) is 12.7 Å². The summed E-state index contributed by atoms with van der Waals surface area (Å²) in [5, 5.41) is 2.66. The Morgan fingerprint density at radius 2 is 1.84 bits per heavy atom. The number of nitrogens with zero attached hydrogens (tertiary/aromatic N) is 1. The van der Waals surface area contributed by atoms with E-state index in [1.165, 1.54) is 0 Å². The van der Waals surface area contributed by atoms with Crippen LogP contribution in [-0.4, -0.2) is 46.5 Å². The first-order chi connectivity index (χ1) is 11.4. The number of primary amides is 1. The lowest BCUT2D eigenvalue weighted by Gasteiger charge is -2.36. The molecule has 1 saturated carbocycles. The van der Waals surface area contributed by atoms with Gasteiger partial charge in [0, 0.05) is 11.5 Å². The molecule has 25 heavy (non-hydrogen) atoms. The number of hydrogen-bond acceptors (Lipinski definition) is 4. The molecule has 7 heteroatoms. The van der Waals surface area contributed by atoms with Crippen molar-refractivity contribution < 1.29 is 19.1 Å². The molecule has 1 heterocycles. The van der Waals surface area contributed by atoms with E-state index < -0.39 is 35.1 Å². The van der Waals surface area contributed by atoms with E-state index >= 15 is 0 Å². The third-order valence-corrected chi connectivity index (χ3v) is 4.87. The minimum Gasteiger partial charge on any atom is -0.444 e. The van der Waals surface area contributed by atoms with Crippen molar-refractivity contribution in [3.63, 3.8) is 0 Å². The molecule has 7 nitrogen and oxygen atoms in total. The van der Waals surface area contributed by atoms with Gasteiger partial charge in [0.2, 0.25) is 11.8 Å². The highest BCUT2D eigenvalue weighted by atomic mass is 16.6. The van der Waals surface area contributed by atoms with Crippen molar-refractivity contribution in [2.45, 2.75) is 71.2 Å². The van der Waals surface area contributed by atoms with Gasteiger partial charge in [-0.05, 0) is 39.5 Å². The van der Waals surface area contributed by atoms with Crippen molar-refractivity contribution >= 4 is 17.9 Å². The number of piperidine rings is 1. The number of hydrogen-bond donors (Lipinski definition) is 2. The molecule has 0 bridgehead atoms. The maximum Gasteiger partial charge on any atom is 0.408 e. The molecule has 1 saturated heterocycles. The molecule has 2 fully saturated rings. The molecule has 0 aromatic rings. The van der Waals surface area contributed by atoms with Gasteiger partial charge in [0.05, 0.1) is 0 Å². The van der Waals surface area contributed by atoms with Gasteiger partial charge in [0.15, 0.2) is 0 Å². The molecule has 140 valence electrons. The number of alkyl carbamates (subject to hydrolysis) is 1. The lowest BCUT2D eigenvalue weighted by molar-refractivity contribution is -0.142. The van der Waals surface area contributed by atoms with Crippen LogP contribution in [0.2, 0.25) is 0 Å². The smallest absolute Gasteiger partial charge is 0.408 e. The lowest BCUT2D eigenvalue weighted by atomic mass is 9.83. The number of rotatable bonds is 5. The standard InChI is InChI=1S/C18H29N3O4/c1-7-18(5,6)13(20-16(24)25-17(2,3)4)15(23)21-11-8-10(11)9-12(21)14(19)22/h7,10-13H,1,8-9H2,2-6H3,(H2,19,22)(H,20,24)/t10-,11-,12-,13?/m0/s1. The molecule has 2 rings (SSSR count). The highest BCUT2D eigenvalue weighted by Gasteiger charge is 2.57. The third kappa shape index (κ3) is 4.14. The lowest BCUT2D eigenvalue weighted by Crippen LogP contribution is -2.59. The number of carbonyl (C=O) groups is 3. The highest BCUT2D eigenvalue weighted by molar-refractivity contribution is 5.92. The van der Waals surface area contributed by atoms with Crippen molar-refractivity contribution in [1.29, 1.82) is 0 Å². The van der Waals surface area contributed by atoms with Crippen molar-refractivity contribution in [2.24, 2.45) is 17.1 Å². The summed E-state index contributed by atoms with van der Waals surface area (Å²) in [4.78, 5) is 38.7. The summed E-state index contributed by atoms with van der Waals surface area (Å²) in [5.74, 6) is -0.493. The topological polar surface area (TPSA) is 102 Å². The molecule has 4 atom stereocenters. The molecule has 3 N–H and O–H groups in total. The molecule has 1 aliphatic heterocycles. The average Bonchev–Trinajstić information content (AvgIpc) is 3.12. The number of nitrogens with two attached hydrogens (primary N) is 1. The van der Waals surface area contributed by atoms with E-state index in [0.717, 1.165) is 6.42 Å². The second-order valence-electron chi connectivity index (χ2n) is 8.57. The Morgan fingerprint density at radius 1 is 1.24 bits per heavy atom. The number of nitrogens with one attached hydrogen (secondary N) is 1. The molecular weight excluding hydrogens is 322 g/mol. The van der Waals surface area contributed by atoms with Crippen LogP contribution in [0.5, 0.6) is 0 Å². The van der Waals surface area contributed by atoms with Crippen molar-refractivity contribution in [1.82, 2.24) is 10.2 Å². The fourth-order valence-electron chi connectivity index (χ4n) is 3.29. The molecule has 3 amide bonds. The fraction of sp³-hybridized carbons (Fsp3) is 0.722. The number of carbonyl (C=O) groups excluding carboxylic acids is 3. The van der Waals surface area contributed by atoms with Crippen molar-refractivity contribution in [3.8, 4) is 0 Å². The van der Waals surface area contributed by atoms with Crippen LogP contribution >= 0.6 is 0 Å². The van der Waals surface area contributed by atoms with E-state index in [4.69, 9.17) is 10.5 Å². The van der Waals surface area contributed by atoms with Gasteiger partial charge in [0.1, 0.15) is 17.7 Å². The Hall–Kier alpha value is -2.05. The number of likely N-dealkylation sites (tertiary alicyclic amines) is 1. The first-order valence-corrected chi connectivity index (χ1v) is 8.62. The minimum absolute atomic E-state index is 0.0357. The predicted molar refractivity (Wildman–Crippen MR) is 93.5 cm³/mol. The Kier molecular flexibility index (Phi) is 4.90. The van der Waals surface area contributed by atoms with Gasteiger partial charge < -0.3 is 20.7 Å². The number of fused-ring (bicyclic) bond motifs is 1. The maximum atomic E-state index is 13.2. The Bertz CT molecular complexity index is 594. The van der Waals surface area contributed by atoms with Crippen molar-refractivity contribution in [2.75, 3.05) is 0 Å². The minimum atomic E-state index is -0.888. The number of ether oxygens (including phenoxy) is 1. The van der Waals surface area contributed by atoms with Gasteiger partial charge in [-0.15, -0.1) is 6.58 Å². The summed E-state index contributed by atoms with van der Waals surface area (Å²) >= 11 is 0. The quantitative estimate of drug-likeness (QED) is 0.734. The van der Waals surface area contributed by atoms with Crippen LogP contribution < -0.4 is 11.1 Å². The highest BCUT2D eigenvalue weighted by Crippen LogP contribution is 2.48. The second kappa shape index (κ2) is 6.35. The molecule has 0 spiro atoms. The van der Waals surface area contributed by atoms with Crippen LogP contribution in [0, 0.1) is 11.3 Å². The summed E-state index contributed by atoms with van der Waals surface area (Å²) in [5.41, 5.74) is 4.07. The molecule has 0 aromatic carbocycles. The fourth-order valence-corrected chi connectivity index (χ4v) is 3.29. The normalized spacial score (nSPS) is 26.4. The van der Waals surface area contributed by atoms with E-state index in [-0.39, 0.29) is 11.9 Å². The van der Waals surface area contributed by atoms with Crippen LogP contribution in [0.3, 0.4) is 0 Å². The van der Waals surface area contributed by atoms with E-state index in [1.807, 2.05) is 0 Å². The van der Waals surface area contributed by atoms with Crippen LogP contribution in [0.25, 0.3) is 0 Å². The second-order valence-corrected chi connectivity index (χ2v) is 8.57. The SMILES string of the molecule is C=CC(C)(C)C(NC(=O)OC(C)(C)C)C(=O)N1[C@H](C(N)=O)C[C@@H]2C[C@@H]21. The summed E-state index contributed by atoms with van der Waals surface area (Å²) in [6, 6.07) is -1.46. The molecule has 0 aromatic heterocycles. The van der Waals surface area contributed by atoms with Gasteiger partial charge in [-0.1, -0.05) is 19.9 Å². The molecule has 0 radical (unpaired) electrons. The summed E-state index contributed by atoms with van der Waals surface area (Å²) in [7, 11) is 0. The Balaban J connectivity index is 2.23. The monoisotopic (exact) mass is 351 g/mol. The predicted octanol–water partition coefficient (Wildman–Crippen LogP) is 1.57. The zero-order valence-electron chi connectivity index (χ0n) is 15.7. The van der Waals surface area contributed by atoms with Crippen LogP contribution in [0.1, 0.15) is 47.5 Å². The Labute approximate surface area is 148 Å². The zero-order valence-corrected chi connectivity index (χ0v) is 15.7. The van der Waals surface area contributed by atoms with Gasteiger partial charge in [-0.2, -0.15) is 0 Å². The Morgan fingerprint density at radius 3 is 2.32 bits per heavy atom. The van der Waals surface area contributed by atoms with E-state index in [2.05, 4.69) is 11.9 Å². The van der Waals surface area contributed by atoms with Crippen LogP contribution in [0.15, 0.2) is 12.7 Å². The summed E-state index contributed by atoms with van der Waals surface area (Å²) in [6.07, 6.45) is 2.41. The van der Waals surface area contributed by atoms with Crippen LogP contribution in [-0.2, 0) is 14.3 Å². The van der Waals surface area contributed by atoms with Gasteiger partial charge in [-0.3, -0.25) is 9.59 Å². The maximum absolute atomic E-state index is 13.2. The van der Waals surface area contributed by atoms with E-state index in [9.17, 15) is 14.4 Å². The molecule has 2 aliphatic rings. The van der Waals surface area contributed by atoms with Gasteiger partial charge in [0.25, 0.3) is 0 Å². The summed E-state index contributed by atoms with van der Waals surface area (Å²) < 4.78 is 5.29. The third-order valence-electron chi connectivity index (χ3n) is 4.87. The first kappa shape index (κ1) is 19.3. The number of amides is 3. The first-order valence-electron chi connectivity index (χ1n) is 8.62. The molecule has 1 unspecified atom stereocenters. The summed E-state index contributed by atoms with van der Waals surface area (Å²) in [6.45, 7) is 12.6. The molecule has 1 aliphatic carbocycles. The molecular formula is C18H29N3O4. The van der Waals surface area contributed by atoms with Crippen LogP contribution in [0.4, 0.5) is 4.79 Å². The average molecular weight is 351 g/mol.